The summed E-state index contributed by atoms with van der Waals surface area (Å²) in [6, 6.07) is 0. The van der Waals surface area contributed by atoms with E-state index in [4.69, 9.17) is 4.74 Å². The van der Waals surface area contributed by atoms with Crippen molar-refractivity contribution in [2.45, 2.75) is 32.1 Å². The molecule has 0 saturated heterocycles. The van der Waals surface area contributed by atoms with E-state index in [1.54, 1.807) is 6.08 Å². The summed E-state index contributed by atoms with van der Waals surface area (Å²) in [5.41, 5.74) is 0. The van der Waals surface area contributed by atoms with Crippen LogP contribution in [0.2, 0.25) is 0 Å². The molecule has 1 rings (SSSR count). The number of cyclic esters (lactones) is 1. The lowest BCUT2D eigenvalue weighted by atomic mass is 10.1. The fraction of sp³-hybridized carbons (Fsp3) is 0.550. The molecule has 0 aromatic rings. The highest BCUT2D eigenvalue weighted by Gasteiger charge is 2.11. The van der Waals surface area contributed by atoms with E-state index < -0.39 is 61.7 Å². The minimum Gasteiger partial charge on any atom is -0.452 e. The van der Waals surface area contributed by atoms with Gasteiger partial charge in [0.25, 0.3) is 5.91 Å². The first kappa shape index (κ1) is 27.3. The van der Waals surface area contributed by atoms with Crippen molar-refractivity contribution in [2.75, 3.05) is 39.3 Å². The fourth-order valence-electron chi connectivity index (χ4n) is 2.43. The summed E-state index contributed by atoms with van der Waals surface area (Å²) in [5.74, 6) is -4.05. The van der Waals surface area contributed by atoms with E-state index >= 15 is 0 Å². The highest BCUT2D eigenvalue weighted by atomic mass is 16.5. The second kappa shape index (κ2) is 15.9. The topological polar surface area (TPSA) is 189 Å². The van der Waals surface area contributed by atoms with Crippen molar-refractivity contribution in [1.29, 1.82) is 0 Å². The number of hydrogen-bond donors (Lipinski definition) is 5. The van der Waals surface area contributed by atoms with E-state index in [1.165, 1.54) is 6.08 Å². The van der Waals surface area contributed by atoms with Gasteiger partial charge in [-0.2, -0.15) is 0 Å². The molecule has 0 spiro atoms. The van der Waals surface area contributed by atoms with Gasteiger partial charge in [0, 0.05) is 12.5 Å². The molecule has 1 aliphatic heterocycles. The second-order valence-corrected chi connectivity index (χ2v) is 7.03. The van der Waals surface area contributed by atoms with Crippen molar-refractivity contribution in [1.82, 2.24) is 26.6 Å². The Hall–Kier alpha value is -3.77. The van der Waals surface area contributed by atoms with Crippen LogP contribution in [0.3, 0.4) is 0 Å². The third-order valence-corrected chi connectivity index (χ3v) is 4.19. The van der Waals surface area contributed by atoms with Crippen LogP contribution < -0.4 is 26.6 Å². The zero-order valence-electron chi connectivity index (χ0n) is 18.2. The van der Waals surface area contributed by atoms with E-state index in [9.17, 15) is 33.6 Å². The number of Topliss-reactive ketones (excluding diaryl/α,β-unsaturated/α-hetero) is 1. The Kier molecular flexibility index (Phi) is 13.2. The van der Waals surface area contributed by atoms with Crippen molar-refractivity contribution in [3.63, 3.8) is 0 Å². The molecular formula is C20H29N5O8. The van der Waals surface area contributed by atoms with E-state index in [1.807, 2.05) is 0 Å². The molecule has 0 aliphatic carbocycles. The number of esters is 1. The van der Waals surface area contributed by atoms with Crippen molar-refractivity contribution in [2.24, 2.45) is 0 Å². The standard InChI is InChI=1S/C20H29N5O8/c26-14-6-4-2-1-3-5-7-20(32)33-13-19(31)25-12-18(30)24-11-17(29)23-10-16(28)22-9-15(27)21-8-14/h5,7H,1-4,6,8-13H2,(H,21,27)(H,22,28)(H,23,29)(H,24,30)(H,25,31). The molecule has 0 aromatic carbocycles. The molecule has 1 heterocycles. The summed E-state index contributed by atoms with van der Waals surface area (Å²) in [6.45, 7) is -2.36. The van der Waals surface area contributed by atoms with Crippen LogP contribution in [0.15, 0.2) is 12.2 Å². The quantitative estimate of drug-likeness (QED) is 0.236. The number of allylic oxidation sites excluding steroid dienone is 1. The smallest absolute Gasteiger partial charge is 0.330 e. The lowest BCUT2D eigenvalue weighted by Crippen LogP contribution is -2.46. The number of rotatable bonds is 0. The lowest BCUT2D eigenvalue weighted by Gasteiger charge is -2.09. The number of nitrogens with one attached hydrogen (secondary N) is 5. The second-order valence-electron chi connectivity index (χ2n) is 7.03. The minimum absolute atomic E-state index is 0.148. The number of ketones is 1. The van der Waals surface area contributed by atoms with Crippen molar-refractivity contribution < 1.29 is 38.3 Å². The first-order valence-corrected chi connectivity index (χ1v) is 10.4. The Morgan fingerprint density at radius 2 is 1.06 bits per heavy atom. The number of amides is 5. The Balaban J connectivity index is 2.53. The Morgan fingerprint density at radius 1 is 0.576 bits per heavy atom. The van der Waals surface area contributed by atoms with Crippen LogP contribution in [0.4, 0.5) is 0 Å². The van der Waals surface area contributed by atoms with Crippen molar-refractivity contribution in [3.8, 4) is 0 Å². The summed E-state index contributed by atoms with van der Waals surface area (Å²) in [4.78, 5) is 81.7. The van der Waals surface area contributed by atoms with E-state index in [0.29, 0.717) is 12.8 Å². The van der Waals surface area contributed by atoms with Gasteiger partial charge in [0.1, 0.15) is 0 Å². The molecule has 5 amide bonds. The maximum absolute atomic E-state index is 11.8. The van der Waals surface area contributed by atoms with Crippen molar-refractivity contribution >= 4 is 41.3 Å². The zero-order valence-corrected chi connectivity index (χ0v) is 18.2. The fourth-order valence-corrected chi connectivity index (χ4v) is 2.43. The Bertz CT molecular complexity index is 780. The maximum Gasteiger partial charge on any atom is 0.330 e. The van der Waals surface area contributed by atoms with Gasteiger partial charge in [-0.15, -0.1) is 0 Å². The van der Waals surface area contributed by atoms with E-state index in [-0.39, 0.29) is 25.3 Å². The molecule has 182 valence electrons. The Morgan fingerprint density at radius 3 is 1.61 bits per heavy atom. The zero-order chi connectivity index (χ0) is 24.5. The number of hydrogen-bond acceptors (Lipinski definition) is 8. The van der Waals surface area contributed by atoms with Crippen molar-refractivity contribution in [3.05, 3.63) is 12.2 Å². The van der Waals surface area contributed by atoms with Crippen LogP contribution in [0.25, 0.3) is 0 Å². The molecule has 0 fully saturated rings. The molecule has 0 unspecified atom stereocenters. The van der Waals surface area contributed by atoms with Gasteiger partial charge in [-0.25, -0.2) is 4.79 Å². The van der Waals surface area contributed by atoms with Crippen LogP contribution in [0, 0.1) is 0 Å². The van der Waals surface area contributed by atoms with Gasteiger partial charge >= 0.3 is 5.97 Å². The number of carbonyl (C=O) groups is 7. The van der Waals surface area contributed by atoms with Gasteiger partial charge in [-0.05, 0) is 19.3 Å². The van der Waals surface area contributed by atoms with Crippen LogP contribution in [0.5, 0.6) is 0 Å². The molecule has 0 aromatic heterocycles. The molecule has 1 aliphatic rings. The average Bonchev–Trinajstić information content (AvgIpc) is 2.79. The molecule has 0 radical (unpaired) electrons. The van der Waals surface area contributed by atoms with Crippen LogP contribution in [-0.2, 0) is 38.3 Å². The summed E-state index contributed by atoms with van der Waals surface area (Å²) in [5, 5.41) is 11.4. The minimum atomic E-state index is -0.706. The molecule has 0 saturated carbocycles. The van der Waals surface area contributed by atoms with Gasteiger partial charge in [0.2, 0.25) is 23.6 Å². The largest absolute Gasteiger partial charge is 0.452 e. The molecule has 13 nitrogen and oxygen atoms in total. The summed E-state index contributed by atoms with van der Waals surface area (Å²) in [7, 11) is 0. The van der Waals surface area contributed by atoms with Gasteiger partial charge in [-0.3, -0.25) is 28.8 Å². The monoisotopic (exact) mass is 467 g/mol. The SMILES string of the molecule is O=C1CCCCCC=CC(=O)OCC(=O)NCC(=O)NCC(=O)NCC(=O)NCC(=O)NC1. The lowest BCUT2D eigenvalue weighted by molar-refractivity contribution is -0.144. The average molecular weight is 467 g/mol. The first-order chi connectivity index (χ1) is 15.8. The molecule has 33 heavy (non-hydrogen) atoms. The predicted octanol–water partition coefficient (Wildman–Crippen LogP) is -2.80. The summed E-state index contributed by atoms with van der Waals surface area (Å²) in [6.07, 6.45) is 5.76. The highest BCUT2D eigenvalue weighted by molar-refractivity contribution is 5.92. The summed E-state index contributed by atoms with van der Waals surface area (Å²) >= 11 is 0. The molecule has 0 bridgehead atoms. The molecular weight excluding hydrogens is 438 g/mol. The van der Waals surface area contributed by atoms with Gasteiger partial charge in [0.05, 0.1) is 32.7 Å². The third kappa shape index (κ3) is 14.8. The third-order valence-electron chi connectivity index (χ3n) is 4.19. The van der Waals surface area contributed by atoms with E-state index in [2.05, 4.69) is 26.6 Å². The number of ether oxygens (including phenoxy) is 1. The maximum atomic E-state index is 11.8. The Labute approximate surface area is 190 Å². The van der Waals surface area contributed by atoms with E-state index in [0.717, 1.165) is 12.8 Å². The van der Waals surface area contributed by atoms with Crippen LogP contribution in [0.1, 0.15) is 32.1 Å². The molecule has 13 heteroatoms. The van der Waals surface area contributed by atoms with Gasteiger partial charge in [-0.1, -0.05) is 12.5 Å². The van der Waals surface area contributed by atoms with Gasteiger partial charge < -0.3 is 31.3 Å². The molecule has 5 N–H and O–H groups in total. The van der Waals surface area contributed by atoms with Gasteiger partial charge in [0.15, 0.2) is 12.4 Å². The highest BCUT2D eigenvalue weighted by Crippen LogP contribution is 2.04. The van der Waals surface area contributed by atoms with Crippen LogP contribution in [-0.4, -0.2) is 80.6 Å². The molecule has 0 atom stereocenters. The first-order valence-electron chi connectivity index (χ1n) is 10.4. The number of carbonyl (C=O) groups excluding carboxylic acids is 7. The normalized spacial score (nSPS) is 19.9. The summed E-state index contributed by atoms with van der Waals surface area (Å²) < 4.78 is 4.75. The van der Waals surface area contributed by atoms with Crippen LogP contribution >= 0.6 is 0 Å². The predicted molar refractivity (Wildman–Crippen MR) is 113 cm³/mol.